The summed E-state index contributed by atoms with van der Waals surface area (Å²) in [7, 11) is 1.80. The predicted molar refractivity (Wildman–Crippen MR) is 130 cm³/mol. The topological polar surface area (TPSA) is 137 Å². The first-order valence-corrected chi connectivity index (χ1v) is 11.8. The molecule has 5 heterocycles. The summed E-state index contributed by atoms with van der Waals surface area (Å²) in [6.07, 6.45) is 7.18. The van der Waals surface area contributed by atoms with Gasteiger partial charge in [0.25, 0.3) is 0 Å². The van der Waals surface area contributed by atoms with E-state index in [2.05, 4.69) is 30.3 Å². The fourth-order valence-electron chi connectivity index (χ4n) is 4.52. The number of carboxylic acid groups (broad SMARTS) is 1. The zero-order chi connectivity index (χ0) is 25.1. The molecule has 5 rings (SSSR count). The van der Waals surface area contributed by atoms with Crippen molar-refractivity contribution < 1.29 is 14.6 Å². The summed E-state index contributed by atoms with van der Waals surface area (Å²) >= 11 is 0. The average Bonchev–Trinajstić information content (AvgIpc) is 3.53. The van der Waals surface area contributed by atoms with Crippen LogP contribution in [0.1, 0.15) is 30.7 Å². The van der Waals surface area contributed by atoms with Gasteiger partial charge in [-0.15, -0.1) is 5.10 Å². The van der Waals surface area contributed by atoms with Crippen molar-refractivity contribution in [2.75, 3.05) is 18.0 Å². The number of carboxylic acids is 1. The smallest absolute Gasteiger partial charge is 0.318 e. The molecule has 1 saturated heterocycles. The lowest BCUT2D eigenvalue weighted by molar-refractivity contribution is -0.138. The van der Waals surface area contributed by atoms with E-state index in [-0.39, 0.29) is 25.0 Å². The molecule has 1 aliphatic heterocycles. The van der Waals surface area contributed by atoms with Gasteiger partial charge in [0, 0.05) is 51.2 Å². The molecule has 1 fully saturated rings. The second-order valence-corrected chi connectivity index (χ2v) is 8.80. The van der Waals surface area contributed by atoms with E-state index in [9.17, 15) is 9.90 Å². The lowest BCUT2D eigenvalue weighted by Crippen LogP contribution is -2.36. The van der Waals surface area contributed by atoms with Crippen LogP contribution < -0.4 is 9.64 Å². The van der Waals surface area contributed by atoms with Gasteiger partial charge in [0.2, 0.25) is 0 Å². The molecule has 4 aromatic rings. The van der Waals surface area contributed by atoms with Gasteiger partial charge in [-0.3, -0.25) is 4.79 Å². The molecule has 0 bridgehead atoms. The third-order valence-corrected chi connectivity index (χ3v) is 6.26. The third kappa shape index (κ3) is 5.02. The maximum Gasteiger partial charge on any atom is 0.318 e. The van der Waals surface area contributed by atoms with Gasteiger partial charge in [-0.2, -0.15) is 10.1 Å². The Morgan fingerprint density at radius 1 is 1.22 bits per heavy atom. The van der Waals surface area contributed by atoms with E-state index in [0.717, 1.165) is 43.0 Å². The molecular weight excluding hydrogens is 462 g/mol. The number of hydrogen-bond donors (Lipinski definition) is 1. The highest BCUT2D eigenvalue weighted by atomic mass is 16.5. The van der Waals surface area contributed by atoms with Gasteiger partial charge in [-0.1, -0.05) is 5.21 Å². The van der Waals surface area contributed by atoms with Crippen molar-refractivity contribution in [2.24, 2.45) is 13.0 Å². The first kappa shape index (κ1) is 23.4. The SMILES string of the molecule is Cc1nc(-c2nnn(C)c2COc2nccc(-n3cccn3)n2)ccc1N1CCC[C@H](CC(=O)O)C1. The Morgan fingerprint density at radius 3 is 2.89 bits per heavy atom. The van der Waals surface area contributed by atoms with E-state index in [1.54, 1.807) is 41.1 Å². The zero-order valence-corrected chi connectivity index (χ0v) is 20.2. The molecule has 0 aromatic carbocycles. The number of piperidine rings is 1. The van der Waals surface area contributed by atoms with Gasteiger partial charge in [0.15, 0.2) is 5.82 Å². The first-order valence-electron chi connectivity index (χ1n) is 11.8. The summed E-state index contributed by atoms with van der Waals surface area (Å²) in [6, 6.07) is 7.73. The summed E-state index contributed by atoms with van der Waals surface area (Å²) < 4.78 is 9.16. The Kier molecular flexibility index (Phi) is 6.56. The zero-order valence-electron chi connectivity index (χ0n) is 20.2. The van der Waals surface area contributed by atoms with Gasteiger partial charge < -0.3 is 14.7 Å². The van der Waals surface area contributed by atoms with Crippen LogP contribution in [-0.2, 0) is 18.4 Å². The standard InChI is InChI=1S/C24H27N9O3/c1-16-19(32-11-3-5-17(14-32)13-22(34)35)7-6-18(27-16)23-20(31(2)30-29-23)15-36-24-25-10-8-21(28-24)33-12-4-9-26-33/h4,6-10,12,17H,3,5,11,13-15H2,1-2H3,(H,34,35)/t17-/m1/s1. The van der Waals surface area contributed by atoms with Crippen molar-refractivity contribution in [3.8, 4) is 23.2 Å². The molecule has 0 amide bonds. The molecular formula is C24H27N9O3. The summed E-state index contributed by atoms with van der Waals surface area (Å²) in [4.78, 5) is 26.8. The lowest BCUT2D eigenvalue weighted by atomic mass is 9.94. The number of hydrogen-bond acceptors (Lipinski definition) is 9. The van der Waals surface area contributed by atoms with Crippen LogP contribution in [0.25, 0.3) is 17.2 Å². The van der Waals surface area contributed by atoms with Crippen LogP contribution in [0.4, 0.5) is 5.69 Å². The van der Waals surface area contributed by atoms with Crippen molar-refractivity contribution in [1.82, 2.24) is 39.7 Å². The molecule has 0 spiro atoms. The van der Waals surface area contributed by atoms with E-state index in [0.29, 0.717) is 17.2 Å². The van der Waals surface area contributed by atoms with Crippen LogP contribution in [0.15, 0.2) is 42.9 Å². The molecule has 0 radical (unpaired) electrons. The highest BCUT2D eigenvalue weighted by Gasteiger charge is 2.24. The van der Waals surface area contributed by atoms with E-state index in [1.807, 2.05) is 25.1 Å². The van der Waals surface area contributed by atoms with Crippen LogP contribution in [-0.4, -0.2) is 63.9 Å². The van der Waals surface area contributed by atoms with Crippen LogP contribution in [0.3, 0.4) is 0 Å². The summed E-state index contributed by atoms with van der Waals surface area (Å²) in [6.45, 7) is 3.73. The Balaban J connectivity index is 1.33. The third-order valence-electron chi connectivity index (χ3n) is 6.26. The van der Waals surface area contributed by atoms with Crippen molar-refractivity contribution >= 4 is 11.7 Å². The molecule has 12 heteroatoms. The number of carbonyl (C=O) groups is 1. The number of pyridine rings is 1. The molecule has 4 aromatic heterocycles. The van der Waals surface area contributed by atoms with Gasteiger partial charge in [-0.25, -0.2) is 19.3 Å². The van der Waals surface area contributed by atoms with Crippen LogP contribution in [0.5, 0.6) is 6.01 Å². The summed E-state index contributed by atoms with van der Waals surface area (Å²) in [5.41, 5.74) is 3.92. The van der Waals surface area contributed by atoms with Crippen LogP contribution in [0.2, 0.25) is 0 Å². The highest BCUT2D eigenvalue weighted by Crippen LogP contribution is 2.29. The van der Waals surface area contributed by atoms with Gasteiger partial charge in [0.1, 0.15) is 18.0 Å². The van der Waals surface area contributed by atoms with E-state index < -0.39 is 5.97 Å². The molecule has 36 heavy (non-hydrogen) atoms. The maximum absolute atomic E-state index is 11.2. The minimum atomic E-state index is -0.747. The number of anilines is 1. The molecule has 0 saturated carbocycles. The minimum absolute atomic E-state index is 0.146. The molecule has 12 nitrogen and oxygen atoms in total. The minimum Gasteiger partial charge on any atom is -0.481 e. The lowest BCUT2D eigenvalue weighted by Gasteiger charge is -2.34. The average molecular weight is 490 g/mol. The normalized spacial score (nSPS) is 15.7. The predicted octanol–water partition coefficient (Wildman–Crippen LogP) is 2.43. The van der Waals surface area contributed by atoms with Crippen molar-refractivity contribution in [3.05, 3.63) is 54.2 Å². The Morgan fingerprint density at radius 2 is 2.11 bits per heavy atom. The fourth-order valence-corrected chi connectivity index (χ4v) is 4.52. The molecule has 0 aliphatic carbocycles. The van der Waals surface area contributed by atoms with Crippen LogP contribution >= 0.6 is 0 Å². The van der Waals surface area contributed by atoms with Crippen molar-refractivity contribution in [3.63, 3.8) is 0 Å². The first-order chi connectivity index (χ1) is 17.5. The number of nitrogens with zero attached hydrogens (tertiary/aromatic N) is 9. The van der Waals surface area contributed by atoms with E-state index >= 15 is 0 Å². The second kappa shape index (κ2) is 10.1. The summed E-state index contributed by atoms with van der Waals surface area (Å²) in [5, 5.41) is 21.8. The van der Waals surface area contributed by atoms with Gasteiger partial charge in [0.05, 0.1) is 17.1 Å². The Labute approximate surface area is 207 Å². The summed E-state index contributed by atoms with van der Waals surface area (Å²) in [5.74, 6) is 0.000540. The highest BCUT2D eigenvalue weighted by molar-refractivity contribution is 5.67. The number of ether oxygens (including phenoxy) is 1. The van der Waals surface area contributed by atoms with E-state index in [1.165, 1.54) is 0 Å². The maximum atomic E-state index is 11.2. The number of aryl methyl sites for hydroxylation is 2. The van der Waals surface area contributed by atoms with Gasteiger partial charge >= 0.3 is 12.0 Å². The molecule has 1 N–H and O–H groups in total. The second-order valence-electron chi connectivity index (χ2n) is 8.80. The van der Waals surface area contributed by atoms with E-state index in [4.69, 9.17) is 9.72 Å². The molecule has 1 aliphatic rings. The van der Waals surface area contributed by atoms with Gasteiger partial charge in [-0.05, 0) is 43.9 Å². The monoisotopic (exact) mass is 489 g/mol. The molecule has 186 valence electrons. The molecule has 1 atom stereocenters. The number of aliphatic carboxylic acids is 1. The molecule has 0 unspecified atom stereocenters. The Hall–Kier alpha value is -4.35. The quantitative estimate of drug-likeness (QED) is 0.393. The van der Waals surface area contributed by atoms with Crippen molar-refractivity contribution in [2.45, 2.75) is 32.8 Å². The largest absolute Gasteiger partial charge is 0.481 e. The Bertz CT molecular complexity index is 1350. The number of aromatic nitrogens is 8. The number of rotatable bonds is 8. The van der Waals surface area contributed by atoms with Crippen LogP contribution in [0, 0.1) is 12.8 Å². The fraction of sp³-hybridized carbons (Fsp3) is 0.375. The van der Waals surface area contributed by atoms with Crippen molar-refractivity contribution in [1.29, 1.82) is 0 Å².